The Kier molecular flexibility index (Phi) is 3.61. The van der Waals surface area contributed by atoms with Crippen molar-refractivity contribution in [1.82, 2.24) is 20.2 Å². The molecule has 0 fully saturated rings. The number of aliphatic carboxylic acids is 1. The van der Waals surface area contributed by atoms with E-state index in [0.29, 0.717) is 0 Å². The van der Waals surface area contributed by atoms with Gasteiger partial charge in [-0.05, 0) is 17.4 Å². The number of rotatable bonds is 5. The minimum absolute atomic E-state index is 0.253. The number of nitrogens with zero attached hydrogens (tertiary/aromatic N) is 4. The van der Waals surface area contributed by atoms with Crippen LogP contribution in [0.1, 0.15) is 6.92 Å². The van der Waals surface area contributed by atoms with E-state index in [-0.39, 0.29) is 11.7 Å². The number of aromatic nitrogens is 4. The number of hydrogen-bond donors (Lipinski definition) is 2. The molecule has 1 atom stereocenters. The van der Waals surface area contributed by atoms with E-state index in [2.05, 4.69) is 15.5 Å². The maximum atomic E-state index is 10.8. The monoisotopic (exact) mass is 231 g/mol. The number of carbonyl (C=O) groups excluding carboxylic acids is 1. The Hall–Kier alpha value is -1.64. The number of primary amides is 1. The minimum Gasteiger partial charge on any atom is -0.480 e. The van der Waals surface area contributed by atoms with Crippen LogP contribution in [0.25, 0.3) is 0 Å². The van der Waals surface area contributed by atoms with Crippen molar-refractivity contribution in [3.05, 3.63) is 0 Å². The second kappa shape index (κ2) is 4.73. The number of carbonyl (C=O) groups is 2. The Labute approximate surface area is 88.8 Å². The highest BCUT2D eigenvalue weighted by Gasteiger charge is 2.16. The number of nitrogens with two attached hydrogens (primary N) is 1. The molecular formula is C6H9N5O3S. The smallest absolute Gasteiger partial charge is 0.325 e. The Morgan fingerprint density at radius 2 is 2.33 bits per heavy atom. The molecule has 0 bridgehead atoms. The molecule has 1 aromatic rings. The highest BCUT2D eigenvalue weighted by molar-refractivity contribution is 8.00. The van der Waals surface area contributed by atoms with Gasteiger partial charge in [-0.25, -0.2) is 4.68 Å². The first-order chi connectivity index (χ1) is 7.00. The number of tetrazole rings is 1. The summed E-state index contributed by atoms with van der Waals surface area (Å²) in [6, 6.07) is 0. The Balaban J connectivity index is 2.72. The summed E-state index contributed by atoms with van der Waals surface area (Å²) in [5.41, 5.74) is 5.05. The van der Waals surface area contributed by atoms with Gasteiger partial charge in [0.2, 0.25) is 11.1 Å². The summed E-state index contributed by atoms with van der Waals surface area (Å²) in [5.74, 6) is -1.57. The van der Waals surface area contributed by atoms with Crippen LogP contribution >= 0.6 is 11.8 Å². The van der Waals surface area contributed by atoms with Crippen molar-refractivity contribution in [3.63, 3.8) is 0 Å². The molecule has 0 aliphatic carbocycles. The molecule has 3 N–H and O–H groups in total. The van der Waals surface area contributed by atoms with Crippen molar-refractivity contribution in [2.24, 2.45) is 5.73 Å². The summed E-state index contributed by atoms with van der Waals surface area (Å²) in [6.07, 6.45) is 0. The fourth-order valence-electron chi connectivity index (χ4n) is 0.724. The van der Waals surface area contributed by atoms with Gasteiger partial charge in [-0.1, -0.05) is 11.8 Å². The first-order valence-corrected chi connectivity index (χ1v) is 4.82. The largest absolute Gasteiger partial charge is 0.480 e. The predicted octanol–water partition coefficient (Wildman–Crippen LogP) is -1.28. The van der Waals surface area contributed by atoms with Gasteiger partial charge in [0.1, 0.15) is 6.54 Å². The number of hydrogen-bond acceptors (Lipinski definition) is 6. The quantitative estimate of drug-likeness (QED) is 0.605. The lowest BCUT2D eigenvalue weighted by atomic mass is 10.5. The molecule has 0 aliphatic heterocycles. The third-order valence-electron chi connectivity index (χ3n) is 1.47. The maximum Gasteiger partial charge on any atom is 0.325 e. The van der Waals surface area contributed by atoms with Gasteiger partial charge >= 0.3 is 5.97 Å². The third-order valence-corrected chi connectivity index (χ3v) is 2.56. The van der Waals surface area contributed by atoms with Crippen molar-refractivity contribution in [3.8, 4) is 0 Å². The van der Waals surface area contributed by atoms with Gasteiger partial charge in [-0.2, -0.15) is 0 Å². The molecule has 1 rings (SSSR count). The maximum absolute atomic E-state index is 10.8. The summed E-state index contributed by atoms with van der Waals surface area (Å²) in [5, 5.41) is 18.6. The summed E-state index contributed by atoms with van der Waals surface area (Å²) in [4.78, 5) is 21.2. The van der Waals surface area contributed by atoms with Crippen molar-refractivity contribution >= 4 is 23.6 Å². The highest BCUT2D eigenvalue weighted by atomic mass is 32.2. The Morgan fingerprint density at radius 3 is 2.87 bits per heavy atom. The van der Waals surface area contributed by atoms with Crippen LogP contribution in [0.3, 0.4) is 0 Å². The average Bonchev–Trinajstić information content (AvgIpc) is 2.51. The molecule has 8 nitrogen and oxygen atoms in total. The van der Waals surface area contributed by atoms with Crippen molar-refractivity contribution in [1.29, 1.82) is 0 Å². The van der Waals surface area contributed by atoms with Gasteiger partial charge in [0.05, 0.1) is 5.25 Å². The average molecular weight is 231 g/mol. The lowest BCUT2D eigenvalue weighted by molar-refractivity contribution is -0.138. The van der Waals surface area contributed by atoms with Gasteiger partial charge in [0, 0.05) is 0 Å². The summed E-state index contributed by atoms with van der Waals surface area (Å²) in [6.45, 7) is 1.24. The van der Waals surface area contributed by atoms with Crippen LogP contribution in [0.2, 0.25) is 0 Å². The van der Waals surface area contributed by atoms with Crippen LogP contribution in [0.15, 0.2) is 5.16 Å². The zero-order valence-corrected chi connectivity index (χ0v) is 8.64. The van der Waals surface area contributed by atoms with Gasteiger partial charge in [0.25, 0.3) is 0 Å². The topological polar surface area (TPSA) is 124 Å². The first kappa shape index (κ1) is 11.4. The number of carboxylic acids is 1. The number of amides is 1. The van der Waals surface area contributed by atoms with E-state index in [1.54, 1.807) is 6.92 Å². The molecule has 9 heteroatoms. The molecule has 0 radical (unpaired) electrons. The van der Waals surface area contributed by atoms with Crippen LogP contribution in [0.5, 0.6) is 0 Å². The van der Waals surface area contributed by atoms with E-state index in [0.717, 1.165) is 16.4 Å². The SMILES string of the molecule is CC(Sc1nnnn1CC(=O)O)C(N)=O. The zero-order chi connectivity index (χ0) is 11.4. The second-order valence-corrected chi connectivity index (χ2v) is 3.98. The van der Waals surface area contributed by atoms with E-state index in [4.69, 9.17) is 10.8 Å². The van der Waals surface area contributed by atoms with Crippen LogP contribution < -0.4 is 5.73 Å². The molecule has 1 heterocycles. The van der Waals surface area contributed by atoms with E-state index in [1.807, 2.05) is 0 Å². The Bertz CT molecular complexity index is 379. The van der Waals surface area contributed by atoms with E-state index < -0.39 is 17.1 Å². The molecule has 82 valence electrons. The zero-order valence-electron chi connectivity index (χ0n) is 7.82. The molecule has 1 aromatic heterocycles. The number of thioether (sulfide) groups is 1. The molecule has 0 saturated heterocycles. The predicted molar refractivity (Wildman–Crippen MR) is 50.0 cm³/mol. The molecule has 15 heavy (non-hydrogen) atoms. The fourth-order valence-corrected chi connectivity index (χ4v) is 1.46. The molecular weight excluding hydrogens is 222 g/mol. The van der Waals surface area contributed by atoms with Gasteiger partial charge in [-0.15, -0.1) is 5.10 Å². The van der Waals surface area contributed by atoms with E-state index in [1.165, 1.54) is 0 Å². The molecule has 1 unspecified atom stereocenters. The van der Waals surface area contributed by atoms with Crippen LogP contribution in [0.4, 0.5) is 0 Å². The third kappa shape index (κ3) is 3.20. The van der Waals surface area contributed by atoms with E-state index >= 15 is 0 Å². The fraction of sp³-hybridized carbons (Fsp3) is 0.500. The van der Waals surface area contributed by atoms with Crippen LogP contribution in [-0.2, 0) is 16.1 Å². The molecule has 1 amide bonds. The lowest BCUT2D eigenvalue weighted by Crippen LogP contribution is -2.23. The highest BCUT2D eigenvalue weighted by Crippen LogP contribution is 2.19. The van der Waals surface area contributed by atoms with Crippen molar-refractivity contribution in [2.75, 3.05) is 0 Å². The van der Waals surface area contributed by atoms with Crippen molar-refractivity contribution in [2.45, 2.75) is 23.9 Å². The van der Waals surface area contributed by atoms with E-state index in [9.17, 15) is 9.59 Å². The van der Waals surface area contributed by atoms with Gasteiger partial charge in [0.15, 0.2) is 0 Å². The molecule has 0 aromatic carbocycles. The molecule has 0 saturated carbocycles. The van der Waals surface area contributed by atoms with Gasteiger partial charge in [-0.3, -0.25) is 9.59 Å². The molecule has 0 spiro atoms. The lowest BCUT2D eigenvalue weighted by Gasteiger charge is -2.05. The first-order valence-electron chi connectivity index (χ1n) is 3.94. The Morgan fingerprint density at radius 1 is 1.67 bits per heavy atom. The summed E-state index contributed by atoms with van der Waals surface area (Å²) >= 11 is 1.02. The van der Waals surface area contributed by atoms with Crippen molar-refractivity contribution < 1.29 is 14.7 Å². The normalized spacial score (nSPS) is 12.3. The minimum atomic E-state index is -1.06. The molecule has 0 aliphatic rings. The second-order valence-electron chi connectivity index (χ2n) is 2.68. The summed E-state index contributed by atoms with van der Waals surface area (Å²) < 4.78 is 1.09. The number of carboxylic acid groups (broad SMARTS) is 1. The van der Waals surface area contributed by atoms with Gasteiger partial charge < -0.3 is 10.8 Å². The standard InChI is InChI=1S/C6H9N5O3S/c1-3(5(7)14)15-6-8-9-10-11(6)2-4(12)13/h3H,2H2,1H3,(H2,7,14)(H,12,13). The van der Waals surface area contributed by atoms with Crippen LogP contribution in [0, 0.1) is 0 Å². The van der Waals surface area contributed by atoms with Crippen LogP contribution in [-0.4, -0.2) is 42.4 Å². The summed E-state index contributed by atoms with van der Waals surface area (Å²) in [7, 11) is 0.